The summed E-state index contributed by atoms with van der Waals surface area (Å²) in [6.07, 6.45) is 0.0341. The van der Waals surface area contributed by atoms with Crippen molar-refractivity contribution in [1.29, 1.82) is 0 Å². The normalized spacial score (nSPS) is 18.8. The van der Waals surface area contributed by atoms with Crippen LogP contribution in [-0.4, -0.2) is 18.5 Å². The van der Waals surface area contributed by atoms with E-state index in [-0.39, 0.29) is 18.9 Å². The molecule has 0 aliphatic carbocycles. The maximum absolute atomic E-state index is 13.9. The van der Waals surface area contributed by atoms with E-state index in [0.717, 1.165) is 0 Å². The molecule has 1 amide bonds. The van der Waals surface area contributed by atoms with Crippen LogP contribution in [0.25, 0.3) is 0 Å². The van der Waals surface area contributed by atoms with Gasteiger partial charge in [-0.1, -0.05) is 18.2 Å². The van der Waals surface area contributed by atoms with E-state index in [0.29, 0.717) is 16.8 Å². The van der Waals surface area contributed by atoms with Gasteiger partial charge in [0.1, 0.15) is 5.82 Å². The van der Waals surface area contributed by atoms with Crippen LogP contribution in [-0.2, 0) is 14.3 Å². The molecule has 5 heteroatoms. The number of nitrogens with one attached hydrogen (secondary N) is 1. The zero-order valence-electron chi connectivity index (χ0n) is 11.4. The average Bonchev–Trinajstić information content (AvgIpc) is 2.38. The van der Waals surface area contributed by atoms with Crippen molar-refractivity contribution >= 4 is 11.9 Å². The van der Waals surface area contributed by atoms with E-state index in [1.165, 1.54) is 6.07 Å². The second kappa shape index (κ2) is 5.86. The van der Waals surface area contributed by atoms with Gasteiger partial charge >= 0.3 is 5.97 Å². The molecule has 0 fully saturated rings. The number of ether oxygens (including phenoxy) is 1. The van der Waals surface area contributed by atoms with Crippen LogP contribution in [0.4, 0.5) is 4.39 Å². The van der Waals surface area contributed by atoms with Gasteiger partial charge in [0.2, 0.25) is 5.91 Å². The van der Waals surface area contributed by atoms with Crippen LogP contribution in [0.15, 0.2) is 35.5 Å². The second-order valence-corrected chi connectivity index (χ2v) is 4.59. The summed E-state index contributed by atoms with van der Waals surface area (Å²) in [6.45, 7) is 3.55. The van der Waals surface area contributed by atoms with Gasteiger partial charge in [0, 0.05) is 18.0 Å². The van der Waals surface area contributed by atoms with Crippen molar-refractivity contribution in [2.24, 2.45) is 0 Å². The fourth-order valence-corrected chi connectivity index (χ4v) is 2.40. The fraction of sp³-hybridized carbons (Fsp3) is 0.333. The first-order valence-corrected chi connectivity index (χ1v) is 6.46. The third-order valence-electron chi connectivity index (χ3n) is 3.24. The maximum Gasteiger partial charge on any atom is 0.336 e. The van der Waals surface area contributed by atoms with Gasteiger partial charge in [-0.2, -0.15) is 0 Å². The second-order valence-electron chi connectivity index (χ2n) is 4.59. The van der Waals surface area contributed by atoms with Crippen LogP contribution in [0.3, 0.4) is 0 Å². The van der Waals surface area contributed by atoms with Crippen molar-refractivity contribution < 1.29 is 18.7 Å². The first-order chi connectivity index (χ1) is 9.54. The first-order valence-electron chi connectivity index (χ1n) is 6.46. The molecule has 1 aliphatic heterocycles. The Morgan fingerprint density at radius 1 is 1.45 bits per heavy atom. The van der Waals surface area contributed by atoms with Crippen LogP contribution in [0.5, 0.6) is 0 Å². The molecule has 0 saturated heterocycles. The summed E-state index contributed by atoms with van der Waals surface area (Å²) in [5, 5.41) is 2.61. The SMILES string of the molecule is CCOC(=O)C1=C(C)NC(=O)C[C@@H]1c1ccccc1F. The van der Waals surface area contributed by atoms with Crippen LogP contribution in [0, 0.1) is 5.82 Å². The highest BCUT2D eigenvalue weighted by atomic mass is 19.1. The van der Waals surface area contributed by atoms with Crippen LogP contribution in [0.2, 0.25) is 0 Å². The Hall–Kier alpha value is -2.17. The molecule has 4 nitrogen and oxygen atoms in total. The predicted molar refractivity (Wildman–Crippen MR) is 71.2 cm³/mol. The van der Waals surface area contributed by atoms with Crippen molar-refractivity contribution in [3.63, 3.8) is 0 Å². The molecule has 1 N–H and O–H groups in total. The molecule has 1 aromatic carbocycles. The van der Waals surface area contributed by atoms with E-state index in [4.69, 9.17) is 4.74 Å². The molecule has 0 saturated carbocycles. The Kier molecular flexibility index (Phi) is 4.17. The molecule has 106 valence electrons. The zero-order chi connectivity index (χ0) is 14.7. The summed E-state index contributed by atoms with van der Waals surface area (Å²) < 4.78 is 19.0. The third-order valence-corrected chi connectivity index (χ3v) is 3.24. The molecule has 0 unspecified atom stereocenters. The molecule has 0 aromatic heterocycles. The van der Waals surface area contributed by atoms with E-state index in [1.54, 1.807) is 32.0 Å². The highest BCUT2D eigenvalue weighted by Gasteiger charge is 2.33. The van der Waals surface area contributed by atoms with Crippen molar-refractivity contribution in [2.75, 3.05) is 6.61 Å². The molecular formula is C15H16FNO3. The molecule has 0 bridgehead atoms. The lowest BCUT2D eigenvalue weighted by Gasteiger charge is -2.26. The van der Waals surface area contributed by atoms with Crippen molar-refractivity contribution in [2.45, 2.75) is 26.2 Å². The topological polar surface area (TPSA) is 55.4 Å². The van der Waals surface area contributed by atoms with E-state index < -0.39 is 17.7 Å². The van der Waals surface area contributed by atoms with Crippen molar-refractivity contribution in [1.82, 2.24) is 5.32 Å². The summed E-state index contributed by atoms with van der Waals surface area (Å²) in [6, 6.07) is 6.16. The monoisotopic (exact) mass is 277 g/mol. The number of carbonyl (C=O) groups is 2. The van der Waals surface area contributed by atoms with E-state index in [1.807, 2.05) is 0 Å². The number of carbonyl (C=O) groups excluding carboxylic acids is 2. The molecule has 20 heavy (non-hydrogen) atoms. The minimum atomic E-state index is -0.607. The number of halogens is 1. The van der Waals surface area contributed by atoms with Gasteiger partial charge < -0.3 is 10.1 Å². The third kappa shape index (κ3) is 2.71. The van der Waals surface area contributed by atoms with E-state index in [2.05, 4.69) is 5.32 Å². The number of hydrogen-bond acceptors (Lipinski definition) is 3. The zero-order valence-corrected chi connectivity index (χ0v) is 11.4. The Balaban J connectivity index is 2.48. The maximum atomic E-state index is 13.9. The van der Waals surface area contributed by atoms with Crippen LogP contribution >= 0.6 is 0 Å². The van der Waals surface area contributed by atoms with Gasteiger partial charge in [-0.15, -0.1) is 0 Å². The molecular weight excluding hydrogens is 261 g/mol. The first kappa shape index (κ1) is 14.2. The summed E-state index contributed by atoms with van der Waals surface area (Å²) in [4.78, 5) is 23.7. The van der Waals surface area contributed by atoms with Gasteiger partial charge in [0.25, 0.3) is 0 Å². The summed E-state index contributed by atoms with van der Waals surface area (Å²) in [5.74, 6) is -1.78. The largest absolute Gasteiger partial charge is 0.463 e. The fourth-order valence-electron chi connectivity index (χ4n) is 2.40. The van der Waals surface area contributed by atoms with Crippen LogP contribution < -0.4 is 5.32 Å². The minimum Gasteiger partial charge on any atom is -0.463 e. The van der Waals surface area contributed by atoms with Crippen molar-refractivity contribution in [3.8, 4) is 0 Å². The molecule has 2 rings (SSSR count). The Bertz CT molecular complexity index is 580. The molecule has 1 heterocycles. The molecule has 0 spiro atoms. The lowest BCUT2D eigenvalue weighted by atomic mass is 9.84. The standard InChI is InChI=1S/C15H16FNO3/c1-3-20-15(19)14-9(2)17-13(18)8-11(14)10-6-4-5-7-12(10)16/h4-7,11H,3,8H2,1-2H3,(H,17,18)/t11-/m1/s1. The van der Waals surface area contributed by atoms with Crippen molar-refractivity contribution in [3.05, 3.63) is 46.9 Å². The number of esters is 1. The number of hydrogen-bond donors (Lipinski definition) is 1. The van der Waals surface area contributed by atoms with Gasteiger partial charge in [-0.25, -0.2) is 9.18 Å². The Labute approximate surface area is 116 Å². The van der Waals surface area contributed by atoms with Crippen LogP contribution in [0.1, 0.15) is 31.7 Å². The average molecular weight is 277 g/mol. The van der Waals surface area contributed by atoms with Gasteiger partial charge in [-0.3, -0.25) is 4.79 Å². The highest BCUT2D eigenvalue weighted by molar-refractivity contribution is 5.95. The van der Waals surface area contributed by atoms with Gasteiger partial charge in [0.15, 0.2) is 0 Å². The quantitative estimate of drug-likeness (QED) is 0.862. The summed E-state index contributed by atoms with van der Waals surface area (Å²) >= 11 is 0. The number of amides is 1. The summed E-state index contributed by atoms with van der Waals surface area (Å²) in [5.41, 5.74) is 1.08. The minimum absolute atomic E-state index is 0.0341. The van der Waals surface area contributed by atoms with Gasteiger partial charge in [-0.05, 0) is 25.5 Å². The smallest absolute Gasteiger partial charge is 0.336 e. The lowest BCUT2D eigenvalue weighted by Crippen LogP contribution is -2.34. The highest BCUT2D eigenvalue weighted by Crippen LogP contribution is 2.34. The molecule has 1 aliphatic rings. The Morgan fingerprint density at radius 2 is 2.15 bits per heavy atom. The van der Waals surface area contributed by atoms with Gasteiger partial charge in [0.05, 0.1) is 12.2 Å². The molecule has 1 aromatic rings. The Morgan fingerprint density at radius 3 is 2.80 bits per heavy atom. The lowest BCUT2D eigenvalue weighted by molar-refractivity contribution is -0.139. The summed E-state index contributed by atoms with van der Waals surface area (Å²) in [7, 11) is 0. The number of rotatable bonds is 3. The molecule has 1 atom stereocenters. The van der Waals surface area contributed by atoms with E-state index in [9.17, 15) is 14.0 Å². The number of allylic oxidation sites excluding steroid dienone is 1. The molecule has 0 radical (unpaired) electrons. The van der Waals surface area contributed by atoms with E-state index >= 15 is 0 Å². The predicted octanol–water partition coefficient (Wildman–Crippen LogP) is 2.27. The number of benzene rings is 1.